The lowest BCUT2D eigenvalue weighted by Gasteiger charge is -2.22. The first-order valence-corrected chi connectivity index (χ1v) is 10.8. The lowest BCUT2D eigenvalue weighted by atomic mass is 9.99. The Morgan fingerprint density at radius 3 is 2.52 bits per heavy atom. The van der Waals surface area contributed by atoms with Gasteiger partial charge >= 0.3 is 0 Å². The summed E-state index contributed by atoms with van der Waals surface area (Å²) in [7, 11) is 1.53. The Kier molecular flexibility index (Phi) is 4.60. The second-order valence-corrected chi connectivity index (χ2v) is 8.92. The van der Waals surface area contributed by atoms with E-state index in [1.165, 1.54) is 18.4 Å². The van der Waals surface area contributed by atoms with E-state index in [2.05, 4.69) is 4.98 Å². The Balaban J connectivity index is 1.80. The van der Waals surface area contributed by atoms with E-state index in [9.17, 15) is 9.59 Å². The third-order valence-electron chi connectivity index (χ3n) is 5.49. The van der Waals surface area contributed by atoms with Crippen molar-refractivity contribution in [2.24, 2.45) is 0 Å². The Morgan fingerprint density at radius 2 is 1.87 bits per heavy atom. The number of halogens is 1. The number of carbonyl (C=O) groups excluding carboxylic acids is 1. The van der Waals surface area contributed by atoms with E-state index in [4.69, 9.17) is 20.8 Å². The first-order chi connectivity index (χ1) is 14.9. The molecule has 8 heteroatoms. The molecule has 1 atom stereocenters. The van der Waals surface area contributed by atoms with Crippen LogP contribution in [0.25, 0.3) is 11.0 Å². The molecular weight excluding hydrogens is 436 g/mol. The van der Waals surface area contributed by atoms with Gasteiger partial charge in [0.1, 0.15) is 11.3 Å². The zero-order chi connectivity index (χ0) is 21.9. The van der Waals surface area contributed by atoms with Gasteiger partial charge in [-0.3, -0.25) is 14.5 Å². The molecule has 0 saturated carbocycles. The highest BCUT2D eigenvalue weighted by atomic mass is 35.5. The average molecular weight is 453 g/mol. The molecule has 2 aromatic carbocycles. The van der Waals surface area contributed by atoms with Gasteiger partial charge in [-0.25, -0.2) is 4.98 Å². The fourth-order valence-corrected chi connectivity index (χ4v) is 4.86. The lowest BCUT2D eigenvalue weighted by molar-refractivity contribution is 0.0971. The molecule has 1 aliphatic heterocycles. The number of ether oxygens (including phenoxy) is 1. The molecule has 0 saturated heterocycles. The van der Waals surface area contributed by atoms with Crippen LogP contribution < -0.4 is 15.1 Å². The SMILES string of the molecule is COc1ccc2c(=O)c3c(oc2c1)C(=O)N(c1nc(C)c(C)s1)C3c1ccc(Cl)cc1. The summed E-state index contributed by atoms with van der Waals surface area (Å²) in [5.74, 6) is 0.167. The normalized spacial score (nSPS) is 15.5. The number of hydrogen-bond acceptors (Lipinski definition) is 6. The van der Waals surface area contributed by atoms with Crippen LogP contribution in [0.3, 0.4) is 0 Å². The van der Waals surface area contributed by atoms with Crippen molar-refractivity contribution in [1.29, 1.82) is 0 Å². The van der Waals surface area contributed by atoms with Crippen molar-refractivity contribution in [2.45, 2.75) is 19.9 Å². The van der Waals surface area contributed by atoms with E-state index in [0.717, 1.165) is 16.1 Å². The number of benzene rings is 2. The first-order valence-electron chi connectivity index (χ1n) is 9.57. The van der Waals surface area contributed by atoms with Crippen LogP contribution in [0.15, 0.2) is 51.7 Å². The number of aromatic nitrogens is 1. The molecule has 5 rings (SSSR count). The predicted molar refractivity (Wildman–Crippen MR) is 121 cm³/mol. The molecule has 0 bridgehead atoms. The maximum Gasteiger partial charge on any atom is 0.297 e. The maximum absolute atomic E-state index is 13.5. The van der Waals surface area contributed by atoms with Crippen LogP contribution in [-0.4, -0.2) is 18.0 Å². The molecule has 1 aliphatic rings. The molecule has 4 aromatic rings. The third-order valence-corrected chi connectivity index (χ3v) is 6.81. The summed E-state index contributed by atoms with van der Waals surface area (Å²) < 4.78 is 11.2. The summed E-state index contributed by atoms with van der Waals surface area (Å²) >= 11 is 7.49. The number of hydrogen-bond donors (Lipinski definition) is 0. The van der Waals surface area contributed by atoms with Crippen molar-refractivity contribution in [2.75, 3.05) is 12.0 Å². The van der Waals surface area contributed by atoms with Gasteiger partial charge in [0.05, 0.1) is 29.8 Å². The van der Waals surface area contributed by atoms with Crippen LogP contribution >= 0.6 is 22.9 Å². The van der Waals surface area contributed by atoms with Gasteiger partial charge in [0.15, 0.2) is 10.6 Å². The number of thiazole rings is 1. The number of fused-ring (bicyclic) bond motifs is 2. The van der Waals surface area contributed by atoms with E-state index < -0.39 is 11.9 Å². The molecule has 0 radical (unpaired) electrons. The van der Waals surface area contributed by atoms with Crippen LogP contribution in [0.1, 0.15) is 38.3 Å². The summed E-state index contributed by atoms with van der Waals surface area (Å²) in [4.78, 5) is 34.2. The minimum atomic E-state index is -0.660. The van der Waals surface area contributed by atoms with Crippen molar-refractivity contribution in [3.05, 3.63) is 85.2 Å². The topological polar surface area (TPSA) is 72.6 Å². The molecule has 0 aliphatic carbocycles. The van der Waals surface area contributed by atoms with Crippen molar-refractivity contribution in [3.63, 3.8) is 0 Å². The highest BCUT2D eigenvalue weighted by Gasteiger charge is 2.45. The maximum atomic E-state index is 13.5. The molecule has 156 valence electrons. The summed E-state index contributed by atoms with van der Waals surface area (Å²) in [6.07, 6.45) is 0. The zero-order valence-electron chi connectivity index (χ0n) is 16.9. The fourth-order valence-electron chi connectivity index (χ4n) is 3.79. The molecule has 1 unspecified atom stereocenters. The van der Waals surface area contributed by atoms with Crippen molar-refractivity contribution < 1.29 is 13.9 Å². The van der Waals surface area contributed by atoms with Crippen molar-refractivity contribution in [3.8, 4) is 5.75 Å². The number of aryl methyl sites for hydroxylation is 2. The van der Waals surface area contributed by atoms with E-state index in [1.807, 2.05) is 26.0 Å². The zero-order valence-corrected chi connectivity index (χ0v) is 18.5. The number of carbonyl (C=O) groups is 1. The Hall–Kier alpha value is -3.16. The van der Waals surface area contributed by atoms with Gasteiger partial charge in [-0.15, -0.1) is 11.3 Å². The first kappa shape index (κ1) is 19.8. The Labute approximate surface area is 186 Å². The summed E-state index contributed by atoms with van der Waals surface area (Å²) in [5.41, 5.74) is 1.95. The van der Waals surface area contributed by atoms with E-state index in [-0.39, 0.29) is 11.2 Å². The molecule has 0 N–H and O–H groups in total. The fraction of sp³-hybridized carbons (Fsp3) is 0.174. The molecule has 0 fully saturated rings. The molecule has 1 amide bonds. The van der Waals surface area contributed by atoms with Crippen molar-refractivity contribution >= 4 is 44.9 Å². The quantitative estimate of drug-likeness (QED) is 0.423. The van der Waals surface area contributed by atoms with Gasteiger partial charge in [0.25, 0.3) is 5.91 Å². The van der Waals surface area contributed by atoms with E-state index in [1.54, 1.807) is 35.2 Å². The summed E-state index contributed by atoms with van der Waals surface area (Å²) in [5, 5.41) is 1.48. The molecule has 3 heterocycles. The lowest BCUT2D eigenvalue weighted by Crippen LogP contribution is -2.29. The van der Waals surface area contributed by atoms with E-state index >= 15 is 0 Å². The minimum Gasteiger partial charge on any atom is -0.497 e. The number of rotatable bonds is 3. The highest BCUT2D eigenvalue weighted by Crippen LogP contribution is 2.43. The molecular formula is C23H17ClN2O4S. The largest absolute Gasteiger partial charge is 0.497 e. The minimum absolute atomic E-state index is 0.0243. The van der Waals surface area contributed by atoms with Crippen LogP contribution in [0.2, 0.25) is 5.02 Å². The number of nitrogens with zero attached hydrogens (tertiary/aromatic N) is 2. The second kappa shape index (κ2) is 7.21. The average Bonchev–Trinajstić information content (AvgIpc) is 3.24. The van der Waals surface area contributed by atoms with Gasteiger partial charge in [-0.1, -0.05) is 23.7 Å². The summed E-state index contributed by atoms with van der Waals surface area (Å²) in [6, 6.07) is 11.4. The smallest absolute Gasteiger partial charge is 0.297 e. The predicted octanol–water partition coefficient (Wildman–Crippen LogP) is 5.28. The second-order valence-electron chi connectivity index (χ2n) is 7.30. The Morgan fingerprint density at radius 1 is 1.13 bits per heavy atom. The van der Waals surface area contributed by atoms with Gasteiger partial charge in [-0.2, -0.15) is 0 Å². The Bertz CT molecular complexity index is 1390. The van der Waals surface area contributed by atoms with Gasteiger partial charge in [-0.05, 0) is 43.7 Å². The van der Waals surface area contributed by atoms with Crippen LogP contribution in [0, 0.1) is 13.8 Å². The van der Waals surface area contributed by atoms with E-state index in [0.29, 0.717) is 32.4 Å². The molecule has 0 spiro atoms. The number of anilines is 1. The molecule has 2 aromatic heterocycles. The molecule has 31 heavy (non-hydrogen) atoms. The van der Waals surface area contributed by atoms with Gasteiger partial charge in [0.2, 0.25) is 5.76 Å². The number of methoxy groups -OCH3 is 1. The van der Waals surface area contributed by atoms with Crippen LogP contribution in [-0.2, 0) is 0 Å². The highest BCUT2D eigenvalue weighted by molar-refractivity contribution is 7.15. The van der Waals surface area contributed by atoms with Gasteiger partial charge < -0.3 is 9.15 Å². The third kappa shape index (κ3) is 3.04. The molecule has 6 nitrogen and oxygen atoms in total. The van der Waals surface area contributed by atoms with Crippen LogP contribution in [0.4, 0.5) is 5.13 Å². The monoisotopic (exact) mass is 452 g/mol. The van der Waals surface area contributed by atoms with Crippen molar-refractivity contribution in [1.82, 2.24) is 4.98 Å². The van der Waals surface area contributed by atoms with Gasteiger partial charge in [0, 0.05) is 16.0 Å². The van der Waals surface area contributed by atoms with Crippen LogP contribution in [0.5, 0.6) is 5.75 Å². The summed E-state index contributed by atoms with van der Waals surface area (Å²) in [6.45, 7) is 3.84. The standard InChI is InChI=1S/C23H17ClN2O4S/c1-11-12(2)31-23(25-11)26-19(13-4-6-14(24)7-5-13)18-20(27)16-9-8-15(29-3)10-17(16)30-21(18)22(26)28/h4-10,19H,1-3H3. The number of amides is 1.